The molecule has 0 aromatic heterocycles. The van der Waals surface area contributed by atoms with E-state index in [4.69, 9.17) is 0 Å². The lowest BCUT2D eigenvalue weighted by Crippen LogP contribution is -2.84. The summed E-state index contributed by atoms with van der Waals surface area (Å²) >= 11 is 0. The molecule has 14 heteroatoms. The third-order valence-electron chi connectivity index (χ3n) is 5.16. The molecule has 0 spiro atoms. The van der Waals surface area contributed by atoms with Crippen molar-refractivity contribution in [3.63, 3.8) is 0 Å². The minimum Gasteiger partial charge on any atom is -0.462 e. The number of ether oxygens (including phenoxy) is 1. The lowest BCUT2D eigenvalue weighted by atomic mass is 9.67. The first-order valence-electron chi connectivity index (χ1n) is 8.74. The fourth-order valence-corrected chi connectivity index (χ4v) is 3.42. The van der Waals surface area contributed by atoms with Gasteiger partial charge < -0.3 is 9.84 Å². The van der Waals surface area contributed by atoms with E-state index in [9.17, 15) is 53.8 Å². The molecule has 0 heterocycles. The van der Waals surface area contributed by atoms with E-state index in [1.54, 1.807) is 0 Å². The SMILES string of the molecule is CCOC(=O)c1ccccc1C(C)(O)CC1(F)C(F)(F)C(F)(F)C(F)(F)C(F)(F)C1(F)F. The highest BCUT2D eigenvalue weighted by Gasteiger charge is 3.01. The maximum absolute atomic E-state index is 15.1. The summed E-state index contributed by atoms with van der Waals surface area (Å²) in [4.78, 5) is 12.0. The molecule has 1 atom stereocenters. The molecule has 1 saturated carbocycles. The van der Waals surface area contributed by atoms with Crippen molar-refractivity contribution in [2.75, 3.05) is 6.61 Å². The molecule has 3 nitrogen and oxygen atoms in total. The molecule has 2 rings (SSSR count). The van der Waals surface area contributed by atoms with Gasteiger partial charge in [-0.2, -0.15) is 43.9 Å². The van der Waals surface area contributed by atoms with E-state index in [0.29, 0.717) is 6.07 Å². The first-order chi connectivity index (χ1) is 14.2. The van der Waals surface area contributed by atoms with Gasteiger partial charge in [0.1, 0.15) is 0 Å². The summed E-state index contributed by atoms with van der Waals surface area (Å²) in [7, 11) is 0. The van der Waals surface area contributed by atoms with Crippen LogP contribution in [0.25, 0.3) is 0 Å². The van der Waals surface area contributed by atoms with Gasteiger partial charge in [-0.3, -0.25) is 0 Å². The Morgan fingerprint density at radius 1 is 0.844 bits per heavy atom. The topological polar surface area (TPSA) is 46.5 Å². The lowest BCUT2D eigenvalue weighted by Gasteiger charge is -2.53. The molecule has 1 aromatic rings. The summed E-state index contributed by atoms with van der Waals surface area (Å²) in [5, 5.41) is 10.4. The summed E-state index contributed by atoms with van der Waals surface area (Å²) in [6.07, 6.45) is -2.92. The number of hydrogen-bond donors (Lipinski definition) is 1. The van der Waals surface area contributed by atoms with Crippen LogP contribution in [0.2, 0.25) is 0 Å². The van der Waals surface area contributed by atoms with Gasteiger partial charge in [-0.15, -0.1) is 0 Å². The van der Waals surface area contributed by atoms with Crippen molar-refractivity contribution in [2.24, 2.45) is 0 Å². The monoisotopic (exact) mass is 488 g/mol. The summed E-state index contributed by atoms with van der Waals surface area (Å²) in [5.74, 6) is -37.4. The Morgan fingerprint density at radius 3 is 1.69 bits per heavy atom. The fourth-order valence-electron chi connectivity index (χ4n) is 3.42. The van der Waals surface area contributed by atoms with Gasteiger partial charge in [-0.1, -0.05) is 18.2 Å². The highest BCUT2D eigenvalue weighted by atomic mass is 19.4. The quantitative estimate of drug-likeness (QED) is 0.449. The van der Waals surface area contributed by atoms with E-state index < -0.39 is 64.4 Å². The van der Waals surface area contributed by atoms with Gasteiger partial charge in [0.25, 0.3) is 5.67 Å². The molecule has 1 unspecified atom stereocenters. The van der Waals surface area contributed by atoms with E-state index in [1.165, 1.54) is 6.92 Å². The van der Waals surface area contributed by atoms with Crippen molar-refractivity contribution in [3.8, 4) is 0 Å². The van der Waals surface area contributed by atoms with Gasteiger partial charge in [-0.05, 0) is 25.5 Å². The summed E-state index contributed by atoms with van der Waals surface area (Å²) in [6, 6.07) is 3.62. The molecular formula is C18H15F11O3. The Hall–Kier alpha value is -2.12. The zero-order valence-corrected chi connectivity index (χ0v) is 16.1. The number of carbonyl (C=O) groups is 1. The zero-order chi connectivity index (χ0) is 25.2. The van der Waals surface area contributed by atoms with Gasteiger partial charge >= 0.3 is 35.6 Å². The van der Waals surface area contributed by atoms with E-state index in [-0.39, 0.29) is 13.5 Å². The van der Waals surface area contributed by atoms with Gasteiger partial charge in [0.2, 0.25) is 0 Å². The third kappa shape index (κ3) is 3.00. The summed E-state index contributed by atoms with van der Waals surface area (Å²) in [5.41, 5.74) is -11.5. The summed E-state index contributed by atoms with van der Waals surface area (Å²) in [6.45, 7) is 1.30. The minimum atomic E-state index is -7.35. The second-order valence-corrected chi connectivity index (χ2v) is 7.39. The highest BCUT2D eigenvalue weighted by molar-refractivity contribution is 5.91. The molecule has 182 valence electrons. The molecule has 1 aliphatic carbocycles. The molecule has 1 aromatic carbocycles. The van der Waals surface area contributed by atoms with Crippen molar-refractivity contribution < 1.29 is 62.9 Å². The van der Waals surface area contributed by atoms with Crippen LogP contribution in [0, 0.1) is 0 Å². The van der Waals surface area contributed by atoms with Crippen molar-refractivity contribution >= 4 is 5.97 Å². The Morgan fingerprint density at radius 2 is 1.25 bits per heavy atom. The molecule has 1 aliphatic rings. The number of rotatable bonds is 5. The largest absolute Gasteiger partial charge is 0.462 e. The van der Waals surface area contributed by atoms with Crippen LogP contribution in [0.5, 0.6) is 0 Å². The fraction of sp³-hybridized carbons (Fsp3) is 0.611. The molecule has 1 N–H and O–H groups in total. The molecule has 1 fully saturated rings. The molecule has 32 heavy (non-hydrogen) atoms. The van der Waals surface area contributed by atoms with Crippen LogP contribution >= 0.6 is 0 Å². The lowest BCUT2D eigenvalue weighted by molar-refractivity contribution is -0.488. The Kier molecular flexibility index (Phi) is 5.87. The number of benzene rings is 1. The highest BCUT2D eigenvalue weighted by Crippen LogP contribution is 2.71. The Balaban J connectivity index is 2.73. The van der Waals surface area contributed by atoms with E-state index in [0.717, 1.165) is 18.2 Å². The third-order valence-corrected chi connectivity index (χ3v) is 5.16. The predicted octanol–water partition coefficient (Wildman–Crippen LogP) is 5.36. The molecule has 0 saturated heterocycles. The van der Waals surface area contributed by atoms with E-state index >= 15 is 4.39 Å². The Bertz CT molecular complexity index is 866. The van der Waals surface area contributed by atoms with Crippen LogP contribution in [0.1, 0.15) is 36.2 Å². The van der Waals surface area contributed by atoms with Crippen LogP contribution in [0.15, 0.2) is 24.3 Å². The molecular weight excluding hydrogens is 473 g/mol. The van der Waals surface area contributed by atoms with Crippen LogP contribution in [-0.4, -0.2) is 53.0 Å². The molecule has 0 amide bonds. The van der Waals surface area contributed by atoms with Crippen LogP contribution in [0.4, 0.5) is 48.3 Å². The van der Waals surface area contributed by atoms with E-state index in [1.807, 2.05) is 0 Å². The Labute approximate surface area is 173 Å². The number of carbonyl (C=O) groups excluding carboxylic acids is 1. The number of halogens is 11. The first-order valence-corrected chi connectivity index (χ1v) is 8.74. The minimum absolute atomic E-state index is 0.279. The number of esters is 1. The number of aliphatic hydroxyl groups is 1. The maximum Gasteiger partial charge on any atom is 0.384 e. The van der Waals surface area contributed by atoms with Crippen LogP contribution < -0.4 is 0 Å². The average Bonchev–Trinajstić information content (AvgIpc) is 2.66. The molecule has 0 aliphatic heterocycles. The van der Waals surface area contributed by atoms with Gasteiger partial charge in [-0.25, -0.2) is 9.18 Å². The van der Waals surface area contributed by atoms with Crippen LogP contribution in [0.3, 0.4) is 0 Å². The second-order valence-electron chi connectivity index (χ2n) is 7.39. The van der Waals surface area contributed by atoms with Gasteiger partial charge in [0.05, 0.1) is 17.8 Å². The van der Waals surface area contributed by atoms with Crippen LogP contribution in [-0.2, 0) is 10.3 Å². The van der Waals surface area contributed by atoms with Gasteiger partial charge in [0, 0.05) is 6.42 Å². The number of hydrogen-bond acceptors (Lipinski definition) is 3. The van der Waals surface area contributed by atoms with Crippen molar-refractivity contribution in [1.29, 1.82) is 0 Å². The summed E-state index contributed by atoms with van der Waals surface area (Å²) < 4.78 is 158. The first kappa shape index (κ1) is 26.1. The molecule has 0 bridgehead atoms. The second kappa shape index (κ2) is 7.19. The number of alkyl halides is 11. The predicted molar refractivity (Wildman–Crippen MR) is 85.2 cm³/mol. The smallest absolute Gasteiger partial charge is 0.384 e. The average molecular weight is 488 g/mol. The molecule has 0 radical (unpaired) electrons. The van der Waals surface area contributed by atoms with E-state index in [2.05, 4.69) is 4.74 Å². The normalized spacial score (nSPS) is 26.1. The zero-order valence-electron chi connectivity index (χ0n) is 16.1. The van der Waals surface area contributed by atoms with Gasteiger partial charge in [0.15, 0.2) is 0 Å². The van der Waals surface area contributed by atoms with Crippen molar-refractivity contribution in [1.82, 2.24) is 0 Å². The van der Waals surface area contributed by atoms with Crippen molar-refractivity contribution in [3.05, 3.63) is 35.4 Å². The maximum atomic E-state index is 15.1. The van der Waals surface area contributed by atoms with Crippen molar-refractivity contribution in [2.45, 2.75) is 61.2 Å². The standard InChI is InChI=1S/C18H15F11O3/c1-3-32-11(30)9-6-4-5-7-10(9)12(2,31)8-13(19)14(20,21)16(24,25)18(28,29)17(26,27)15(13,22)23/h4-7,31H,3,8H2,1-2H3.